The monoisotopic (exact) mass is 763 g/mol. The molecule has 0 aliphatic carbocycles. The standard InChI is InChI=1S/C15H22O5.2C8H18O.C7H6O5.2CH4.H2O/c1-2-3-4-5-6-7-8-20-15(19)11-9-12(16)14(18)13(17)10-11;2*1-2-3-4-5-6-7-8-9;8-4-1-3(7(11)12)2-5(9)6(4)10;;;/h9-10,16-18H,2-8H2,1H3;2*9H,2-8H2,1H3;1-2,8-10H,(H,11,12);2*1H4;1H2. The molecule has 0 saturated heterocycles. The first-order chi connectivity index (χ1) is 23.9. The first kappa shape index (κ1) is 58.4. The van der Waals surface area contributed by atoms with Crippen LogP contribution in [0.3, 0.4) is 0 Å². The molecule has 53 heavy (non-hydrogen) atoms. The zero-order valence-electron chi connectivity index (χ0n) is 30.9. The second-order valence-corrected chi connectivity index (χ2v) is 11.9. The van der Waals surface area contributed by atoms with Crippen LogP contribution in [0.5, 0.6) is 34.5 Å². The Kier molecular flexibility index (Phi) is 43.3. The molecular formula is C40H74O13. The first-order valence-electron chi connectivity index (χ1n) is 18.0. The van der Waals surface area contributed by atoms with E-state index in [0.29, 0.717) is 19.8 Å². The van der Waals surface area contributed by atoms with Crippen LogP contribution < -0.4 is 0 Å². The average Bonchev–Trinajstić information content (AvgIpc) is 3.09. The summed E-state index contributed by atoms with van der Waals surface area (Å²) in [6.07, 6.45) is 21.6. The summed E-state index contributed by atoms with van der Waals surface area (Å²) in [4.78, 5) is 22.0. The second kappa shape index (κ2) is 39.3. The number of carbonyl (C=O) groups is 2. The molecule has 2 aromatic carbocycles. The van der Waals surface area contributed by atoms with E-state index in [4.69, 9.17) is 35.4 Å². The molecule has 0 atom stereocenters. The van der Waals surface area contributed by atoms with E-state index in [1.165, 1.54) is 83.5 Å². The van der Waals surface area contributed by atoms with Gasteiger partial charge < -0.3 is 56.2 Å². The normalized spacial score (nSPS) is 9.53. The van der Waals surface area contributed by atoms with Gasteiger partial charge in [-0.05, 0) is 43.5 Å². The number of ether oxygens (including phenoxy) is 1. The molecule has 312 valence electrons. The van der Waals surface area contributed by atoms with Crippen LogP contribution in [0, 0.1) is 0 Å². The van der Waals surface area contributed by atoms with Gasteiger partial charge in [0, 0.05) is 13.2 Å². The van der Waals surface area contributed by atoms with Gasteiger partial charge in [0.05, 0.1) is 17.7 Å². The summed E-state index contributed by atoms with van der Waals surface area (Å²) >= 11 is 0. The number of unbranched alkanes of at least 4 members (excludes halogenated alkanes) is 15. The zero-order chi connectivity index (χ0) is 38.2. The molecule has 2 aromatic rings. The fraction of sp³-hybridized carbons (Fsp3) is 0.650. The van der Waals surface area contributed by atoms with Crippen LogP contribution in [0.1, 0.15) is 172 Å². The van der Waals surface area contributed by atoms with Crippen LogP contribution >= 0.6 is 0 Å². The second-order valence-electron chi connectivity index (χ2n) is 11.9. The number of phenolic OH excluding ortho intramolecular Hbond substituents is 6. The van der Waals surface area contributed by atoms with Gasteiger partial charge in [-0.25, -0.2) is 9.59 Å². The van der Waals surface area contributed by atoms with Crippen LogP contribution in [0.4, 0.5) is 0 Å². The van der Waals surface area contributed by atoms with Gasteiger partial charge in [-0.1, -0.05) is 132 Å². The number of hydrogen-bond donors (Lipinski definition) is 9. The van der Waals surface area contributed by atoms with Gasteiger partial charge in [-0.15, -0.1) is 0 Å². The number of esters is 1. The van der Waals surface area contributed by atoms with Crippen molar-refractivity contribution in [3.05, 3.63) is 35.4 Å². The molecule has 13 nitrogen and oxygen atoms in total. The number of aliphatic hydroxyl groups is 2. The molecule has 13 heteroatoms. The molecule has 0 fully saturated rings. The van der Waals surface area contributed by atoms with Crippen LogP contribution in [-0.2, 0) is 4.74 Å². The quantitative estimate of drug-likeness (QED) is 0.0328. The summed E-state index contributed by atoms with van der Waals surface area (Å²) in [6, 6.07) is 3.83. The molecule has 0 aliphatic heterocycles. The molecular weight excluding hydrogens is 688 g/mol. The summed E-state index contributed by atoms with van der Waals surface area (Å²) in [5.41, 5.74) is -0.272. The minimum absolute atomic E-state index is 0. The third kappa shape index (κ3) is 31.3. The Labute approximate surface area is 318 Å². The molecule has 0 aliphatic rings. The number of hydrogen-bond acceptors (Lipinski definition) is 11. The fourth-order valence-electron chi connectivity index (χ4n) is 4.36. The van der Waals surface area contributed by atoms with E-state index in [9.17, 15) is 24.9 Å². The molecule has 0 unspecified atom stereocenters. The van der Waals surface area contributed by atoms with Gasteiger partial charge in [0.1, 0.15) is 0 Å². The van der Waals surface area contributed by atoms with E-state index in [1.54, 1.807) is 0 Å². The van der Waals surface area contributed by atoms with Gasteiger partial charge >= 0.3 is 11.9 Å². The highest BCUT2D eigenvalue weighted by molar-refractivity contribution is 5.91. The lowest BCUT2D eigenvalue weighted by atomic mass is 10.1. The SMILES string of the molecule is C.C.CCCCCCCCO.CCCCCCCCO.CCCCCCCCOC(=O)c1cc(O)c(O)c(O)c1.O.O=C(O)c1cc(O)c(O)c(O)c1. The number of carboxylic acids is 1. The van der Waals surface area contributed by atoms with Crippen LogP contribution in [0.25, 0.3) is 0 Å². The molecule has 0 bridgehead atoms. The van der Waals surface area contributed by atoms with Crippen LogP contribution in [0.15, 0.2) is 24.3 Å². The van der Waals surface area contributed by atoms with E-state index >= 15 is 0 Å². The Bertz CT molecular complexity index is 1080. The maximum absolute atomic E-state index is 11.7. The van der Waals surface area contributed by atoms with E-state index in [2.05, 4.69) is 20.8 Å². The summed E-state index contributed by atoms with van der Waals surface area (Å²) in [5, 5.41) is 79.6. The predicted molar refractivity (Wildman–Crippen MR) is 211 cm³/mol. The van der Waals surface area contributed by atoms with Crippen molar-refractivity contribution in [1.82, 2.24) is 0 Å². The van der Waals surface area contributed by atoms with Crippen molar-refractivity contribution < 1.29 is 65.8 Å². The first-order valence-corrected chi connectivity index (χ1v) is 18.0. The van der Waals surface area contributed by atoms with Gasteiger partial charge in [0.25, 0.3) is 0 Å². The molecule has 11 N–H and O–H groups in total. The van der Waals surface area contributed by atoms with Crippen molar-refractivity contribution in [3.8, 4) is 34.5 Å². The summed E-state index contributed by atoms with van der Waals surface area (Å²) in [5.74, 6) is -5.69. The Balaban J connectivity index is -0.000000202. The van der Waals surface area contributed by atoms with Crippen molar-refractivity contribution in [1.29, 1.82) is 0 Å². The van der Waals surface area contributed by atoms with E-state index in [1.807, 2.05) is 0 Å². The largest absolute Gasteiger partial charge is 0.504 e. The molecule has 0 radical (unpaired) electrons. The number of aliphatic hydroxyl groups excluding tert-OH is 2. The highest BCUT2D eigenvalue weighted by Crippen LogP contribution is 2.36. The number of carboxylic acid groups (broad SMARTS) is 1. The third-order valence-electron chi connectivity index (χ3n) is 7.38. The minimum Gasteiger partial charge on any atom is -0.504 e. The molecule has 0 saturated carbocycles. The number of aromatic hydroxyl groups is 6. The Morgan fingerprint density at radius 2 is 0.774 bits per heavy atom. The van der Waals surface area contributed by atoms with E-state index < -0.39 is 46.4 Å². The molecule has 0 heterocycles. The molecule has 2 rings (SSSR count). The fourth-order valence-corrected chi connectivity index (χ4v) is 4.36. The topological polar surface area (TPSA) is 257 Å². The molecule has 0 aromatic heterocycles. The third-order valence-corrected chi connectivity index (χ3v) is 7.38. The van der Waals surface area contributed by atoms with Crippen molar-refractivity contribution in [3.63, 3.8) is 0 Å². The number of aromatic carboxylic acids is 1. The van der Waals surface area contributed by atoms with Crippen LogP contribution in [0.2, 0.25) is 0 Å². The number of phenols is 6. The highest BCUT2D eigenvalue weighted by Gasteiger charge is 2.14. The van der Waals surface area contributed by atoms with Crippen molar-refractivity contribution >= 4 is 11.9 Å². The predicted octanol–water partition coefficient (Wildman–Crippen LogP) is 8.95. The summed E-state index contributed by atoms with van der Waals surface area (Å²) in [6.45, 7) is 7.63. The van der Waals surface area contributed by atoms with Gasteiger partial charge in [0.2, 0.25) is 0 Å². The summed E-state index contributed by atoms with van der Waals surface area (Å²) < 4.78 is 5.04. The lowest BCUT2D eigenvalue weighted by Crippen LogP contribution is -2.06. The van der Waals surface area contributed by atoms with Gasteiger partial charge in [-0.3, -0.25) is 0 Å². The lowest BCUT2D eigenvalue weighted by Gasteiger charge is -2.07. The Morgan fingerprint density at radius 1 is 0.491 bits per heavy atom. The zero-order valence-corrected chi connectivity index (χ0v) is 30.9. The highest BCUT2D eigenvalue weighted by atomic mass is 16.5. The summed E-state index contributed by atoms with van der Waals surface area (Å²) in [7, 11) is 0. The smallest absolute Gasteiger partial charge is 0.338 e. The van der Waals surface area contributed by atoms with E-state index in [0.717, 1.165) is 56.4 Å². The Morgan fingerprint density at radius 3 is 1.08 bits per heavy atom. The van der Waals surface area contributed by atoms with Crippen LogP contribution in [-0.4, -0.2) is 83.2 Å². The average molecular weight is 763 g/mol. The maximum atomic E-state index is 11.7. The van der Waals surface area contributed by atoms with Gasteiger partial charge in [-0.2, -0.15) is 0 Å². The van der Waals surface area contributed by atoms with Crippen molar-refractivity contribution in [2.75, 3.05) is 19.8 Å². The number of rotatable bonds is 21. The van der Waals surface area contributed by atoms with Crippen molar-refractivity contribution in [2.24, 2.45) is 0 Å². The maximum Gasteiger partial charge on any atom is 0.338 e. The van der Waals surface area contributed by atoms with E-state index in [-0.39, 0.29) is 31.5 Å². The Hall–Kier alpha value is -3.94. The van der Waals surface area contributed by atoms with Gasteiger partial charge in [0.15, 0.2) is 34.5 Å². The number of carbonyl (C=O) groups excluding carboxylic acids is 1. The number of benzene rings is 2. The molecule has 0 amide bonds. The lowest BCUT2D eigenvalue weighted by molar-refractivity contribution is 0.0496. The molecule has 0 spiro atoms. The van der Waals surface area contributed by atoms with Crippen molar-refractivity contribution in [2.45, 2.75) is 151 Å². The minimum atomic E-state index is -1.29.